The number of fused-ring (bicyclic) bond motifs is 1. The SMILES string of the molecule is CC[C@H](C)NC(=O)[C@H](Cc1ccccc1)N1C(=O)c2ccccc2C1=O. The zero-order valence-corrected chi connectivity index (χ0v) is 14.9. The standard InChI is InChI=1S/C21H22N2O3/c1-3-14(2)22-19(24)18(13-15-9-5-4-6-10-15)23-20(25)16-11-7-8-12-17(16)21(23)26/h4-12,14,18H,3,13H2,1-2H3,(H,22,24)/t14-,18-/m0/s1. The lowest BCUT2D eigenvalue weighted by Gasteiger charge is -2.27. The fourth-order valence-corrected chi connectivity index (χ4v) is 3.07. The van der Waals surface area contributed by atoms with E-state index in [1.807, 2.05) is 44.2 Å². The van der Waals surface area contributed by atoms with Gasteiger partial charge in [-0.25, -0.2) is 0 Å². The number of benzene rings is 2. The van der Waals surface area contributed by atoms with E-state index in [1.165, 1.54) is 0 Å². The number of carbonyl (C=O) groups is 3. The second kappa shape index (κ2) is 7.52. The van der Waals surface area contributed by atoms with Crippen molar-refractivity contribution >= 4 is 17.7 Å². The van der Waals surface area contributed by atoms with Crippen LogP contribution in [0.15, 0.2) is 54.6 Å². The summed E-state index contributed by atoms with van der Waals surface area (Å²) in [5.74, 6) is -1.13. The minimum absolute atomic E-state index is 0.0315. The molecule has 0 radical (unpaired) electrons. The molecule has 1 N–H and O–H groups in total. The topological polar surface area (TPSA) is 66.5 Å². The third-order valence-electron chi connectivity index (χ3n) is 4.71. The summed E-state index contributed by atoms with van der Waals surface area (Å²) in [7, 11) is 0. The summed E-state index contributed by atoms with van der Waals surface area (Å²) in [5.41, 5.74) is 1.60. The highest BCUT2D eigenvalue weighted by atomic mass is 16.2. The molecule has 2 atom stereocenters. The quantitative estimate of drug-likeness (QED) is 0.815. The fourth-order valence-electron chi connectivity index (χ4n) is 3.07. The fraction of sp³-hybridized carbons (Fsp3) is 0.286. The van der Waals surface area contributed by atoms with E-state index in [2.05, 4.69) is 5.32 Å². The molecule has 2 aromatic carbocycles. The lowest BCUT2D eigenvalue weighted by atomic mass is 10.0. The van der Waals surface area contributed by atoms with E-state index < -0.39 is 17.9 Å². The van der Waals surface area contributed by atoms with Crippen LogP contribution in [0.25, 0.3) is 0 Å². The molecule has 0 aromatic heterocycles. The molecule has 26 heavy (non-hydrogen) atoms. The Labute approximate surface area is 153 Å². The lowest BCUT2D eigenvalue weighted by Crippen LogP contribution is -2.52. The van der Waals surface area contributed by atoms with Crippen LogP contribution in [0.5, 0.6) is 0 Å². The highest BCUT2D eigenvalue weighted by Crippen LogP contribution is 2.26. The first kappa shape index (κ1) is 17.9. The molecule has 0 unspecified atom stereocenters. The Hall–Kier alpha value is -2.95. The summed E-state index contributed by atoms with van der Waals surface area (Å²) in [6.45, 7) is 3.87. The van der Waals surface area contributed by atoms with E-state index >= 15 is 0 Å². The van der Waals surface area contributed by atoms with Gasteiger partial charge in [0.1, 0.15) is 6.04 Å². The van der Waals surface area contributed by atoms with Gasteiger partial charge >= 0.3 is 0 Å². The number of nitrogens with one attached hydrogen (secondary N) is 1. The summed E-state index contributed by atoms with van der Waals surface area (Å²) in [6.07, 6.45) is 1.06. The van der Waals surface area contributed by atoms with Crippen LogP contribution in [0.2, 0.25) is 0 Å². The molecule has 0 aliphatic carbocycles. The maximum absolute atomic E-state index is 12.9. The third-order valence-corrected chi connectivity index (χ3v) is 4.71. The van der Waals surface area contributed by atoms with E-state index in [4.69, 9.17) is 0 Å². The Morgan fingerprint density at radius 2 is 1.50 bits per heavy atom. The highest BCUT2D eigenvalue weighted by Gasteiger charge is 2.42. The molecule has 0 saturated carbocycles. The molecule has 1 aliphatic heterocycles. The van der Waals surface area contributed by atoms with E-state index in [1.54, 1.807) is 24.3 Å². The van der Waals surface area contributed by atoms with Crippen molar-refractivity contribution in [3.8, 4) is 0 Å². The van der Waals surface area contributed by atoms with Crippen LogP contribution >= 0.6 is 0 Å². The molecule has 1 aliphatic rings. The van der Waals surface area contributed by atoms with E-state index in [0.29, 0.717) is 11.1 Å². The van der Waals surface area contributed by atoms with Gasteiger partial charge in [0.15, 0.2) is 0 Å². The van der Waals surface area contributed by atoms with Crippen molar-refractivity contribution in [3.63, 3.8) is 0 Å². The lowest BCUT2D eigenvalue weighted by molar-refractivity contribution is -0.125. The van der Waals surface area contributed by atoms with Crippen LogP contribution in [-0.2, 0) is 11.2 Å². The summed E-state index contributed by atoms with van der Waals surface area (Å²) >= 11 is 0. The van der Waals surface area contributed by atoms with Gasteiger partial charge in [0, 0.05) is 12.5 Å². The van der Waals surface area contributed by atoms with Gasteiger partial charge in [0.25, 0.3) is 11.8 Å². The second-order valence-electron chi connectivity index (χ2n) is 6.55. The Bertz CT molecular complexity index is 797. The molecule has 0 fully saturated rings. The van der Waals surface area contributed by atoms with Crippen molar-refractivity contribution in [3.05, 3.63) is 71.3 Å². The third kappa shape index (κ3) is 3.38. The smallest absolute Gasteiger partial charge is 0.262 e. The largest absolute Gasteiger partial charge is 0.352 e. The van der Waals surface area contributed by atoms with Crippen LogP contribution in [0, 0.1) is 0 Å². The molecular weight excluding hydrogens is 328 g/mol. The van der Waals surface area contributed by atoms with Crippen molar-refractivity contribution in [1.82, 2.24) is 10.2 Å². The predicted molar refractivity (Wildman–Crippen MR) is 98.8 cm³/mol. The van der Waals surface area contributed by atoms with Gasteiger partial charge in [-0.1, -0.05) is 49.4 Å². The molecule has 5 heteroatoms. The van der Waals surface area contributed by atoms with Crippen LogP contribution in [-0.4, -0.2) is 34.7 Å². The molecular formula is C21H22N2O3. The number of nitrogens with zero attached hydrogens (tertiary/aromatic N) is 1. The van der Waals surface area contributed by atoms with Crippen LogP contribution in [0.3, 0.4) is 0 Å². The van der Waals surface area contributed by atoms with Crippen LogP contribution in [0.1, 0.15) is 46.5 Å². The minimum Gasteiger partial charge on any atom is -0.352 e. The molecule has 3 amide bonds. The summed E-state index contributed by atoms with van der Waals surface area (Å²) in [6, 6.07) is 15.2. The zero-order chi connectivity index (χ0) is 18.7. The molecule has 134 valence electrons. The summed E-state index contributed by atoms with van der Waals surface area (Å²) in [4.78, 5) is 39.6. The average Bonchev–Trinajstić information content (AvgIpc) is 2.91. The number of rotatable bonds is 6. The first-order valence-electron chi connectivity index (χ1n) is 8.84. The minimum atomic E-state index is -0.876. The molecule has 5 nitrogen and oxygen atoms in total. The van der Waals surface area contributed by atoms with E-state index in [-0.39, 0.29) is 18.4 Å². The number of imide groups is 1. The first-order chi connectivity index (χ1) is 12.5. The van der Waals surface area contributed by atoms with Crippen molar-refractivity contribution < 1.29 is 14.4 Å². The number of hydrogen-bond donors (Lipinski definition) is 1. The van der Waals surface area contributed by atoms with Gasteiger partial charge in [-0.05, 0) is 31.0 Å². The number of hydrogen-bond acceptors (Lipinski definition) is 3. The summed E-state index contributed by atoms with van der Waals surface area (Å²) in [5, 5.41) is 2.91. The van der Waals surface area contributed by atoms with Crippen molar-refractivity contribution in [2.24, 2.45) is 0 Å². The molecule has 0 bridgehead atoms. The van der Waals surface area contributed by atoms with Crippen molar-refractivity contribution in [1.29, 1.82) is 0 Å². The van der Waals surface area contributed by atoms with Gasteiger partial charge in [0.2, 0.25) is 5.91 Å². The van der Waals surface area contributed by atoms with E-state index in [0.717, 1.165) is 16.9 Å². The van der Waals surface area contributed by atoms with Gasteiger partial charge in [-0.3, -0.25) is 19.3 Å². The van der Waals surface area contributed by atoms with Gasteiger partial charge < -0.3 is 5.32 Å². The molecule has 0 spiro atoms. The van der Waals surface area contributed by atoms with Gasteiger partial charge in [0.05, 0.1) is 11.1 Å². The van der Waals surface area contributed by atoms with E-state index in [9.17, 15) is 14.4 Å². The molecule has 3 rings (SSSR count). The number of carbonyl (C=O) groups excluding carboxylic acids is 3. The summed E-state index contributed by atoms with van der Waals surface area (Å²) < 4.78 is 0. The second-order valence-corrected chi connectivity index (χ2v) is 6.55. The number of amides is 3. The van der Waals surface area contributed by atoms with Crippen molar-refractivity contribution in [2.75, 3.05) is 0 Å². The maximum Gasteiger partial charge on any atom is 0.262 e. The molecule has 2 aromatic rings. The Morgan fingerprint density at radius 1 is 0.962 bits per heavy atom. The maximum atomic E-state index is 12.9. The van der Waals surface area contributed by atoms with Gasteiger partial charge in [-0.2, -0.15) is 0 Å². The molecule has 0 saturated heterocycles. The van der Waals surface area contributed by atoms with Gasteiger partial charge in [-0.15, -0.1) is 0 Å². The Kier molecular flexibility index (Phi) is 5.16. The Morgan fingerprint density at radius 3 is 2.04 bits per heavy atom. The normalized spacial score (nSPS) is 15.5. The predicted octanol–water partition coefficient (Wildman–Crippen LogP) is 2.81. The van der Waals surface area contributed by atoms with Crippen LogP contribution in [0.4, 0.5) is 0 Å². The highest BCUT2D eigenvalue weighted by molar-refractivity contribution is 6.22. The average molecular weight is 350 g/mol. The van der Waals surface area contributed by atoms with Crippen molar-refractivity contribution in [2.45, 2.75) is 38.8 Å². The zero-order valence-electron chi connectivity index (χ0n) is 14.9. The Balaban J connectivity index is 1.94. The first-order valence-corrected chi connectivity index (χ1v) is 8.84. The monoisotopic (exact) mass is 350 g/mol. The van der Waals surface area contributed by atoms with Crippen LogP contribution < -0.4 is 5.32 Å². The molecule has 1 heterocycles.